The maximum Gasteiger partial charge on any atom is 0.191 e. The molecule has 1 unspecified atom stereocenters. The first kappa shape index (κ1) is 21.2. The van der Waals surface area contributed by atoms with Crippen LogP contribution in [0.1, 0.15) is 58.3 Å². The summed E-state index contributed by atoms with van der Waals surface area (Å²) in [6.45, 7) is 7.40. The van der Waals surface area contributed by atoms with E-state index >= 15 is 0 Å². The van der Waals surface area contributed by atoms with Gasteiger partial charge >= 0.3 is 0 Å². The Hall–Kier alpha value is -0.0800. The van der Waals surface area contributed by atoms with Gasteiger partial charge in [-0.15, -0.1) is 24.0 Å². The van der Waals surface area contributed by atoms with Gasteiger partial charge in [0, 0.05) is 32.8 Å². The maximum absolute atomic E-state index is 5.71. The number of rotatable bonds is 10. The third-order valence-corrected chi connectivity index (χ3v) is 5.77. The fraction of sp³-hybridized carbons (Fsp3) is 0.947. The molecule has 3 rings (SSSR count). The number of guanidine groups is 1. The molecular weight excluding hydrogens is 429 g/mol. The lowest BCUT2D eigenvalue weighted by atomic mass is 9.65. The van der Waals surface area contributed by atoms with E-state index < -0.39 is 0 Å². The molecule has 2 N–H and O–H groups in total. The molecule has 146 valence electrons. The van der Waals surface area contributed by atoms with Crippen LogP contribution in [-0.4, -0.2) is 51.5 Å². The molecule has 0 bridgehead atoms. The Bertz CT molecular complexity index is 405. The molecule has 0 spiro atoms. The Morgan fingerprint density at radius 3 is 2.64 bits per heavy atom. The summed E-state index contributed by atoms with van der Waals surface area (Å²) >= 11 is 0. The summed E-state index contributed by atoms with van der Waals surface area (Å²) in [6, 6.07) is 0. The predicted octanol–water partition coefficient (Wildman–Crippen LogP) is 3.33. The quantitative estimate of drug-likeness (QED) is 0.225. The largest absolute Gasteiger partial charge is 0.379 e. The van der Waals surface area contributed by atoms with Crippen molar-refractivity contribution in [2.45, 2.75) is 64.4 Å². The molecule has 1 heterocycles. The molecule has 5 nitrogen and oxygen atoms in total. The standard InChI is InChI=1S/C19H35N3O2.HI/c1-2-20-18(22-15-19(9-4-10-19)16-7-8-16)21-11-5-12-23-14-17-6-3-13-24-17;/h16-17H,2-15H2,1H3,(H2,20,21,22);1H. The van der Waals surface area contributed by atoms with Gasteiger partial charge in [0.25, 0.3) is 0 Å². The first-order chi connectivity index (χ1) is 11.8. The zero-order valence-electron chi connectivity index (χ0n) is 15.7. The lowest BCUT2D eigenvalue weighted by Crippen LogP contribution is -2.41. The number of hydrogen-bond donors (Lipinski definition) is 2. The zero-order chi connectivity index (χ0) is 16.7. The van der Waals surface area contributed by atoms with Crippen LogP contribution < -0.4 is 10.6 Å². The smallest absolute Gasteiger partial charge is 0.191 e. The van der Waals surface area contributed by atoms with Gasteiger partial charge in [-0.3, -0.25) is 4.99 Å². The molecule has 0 aromatic rings. The second kappa shape index (κ2) is 10.9. The molecule has 3 fully saturated rings. The highest BCUT2D eigenvalue weighted by Gasteiger charge is 2.48. The first-order valence-corrected chi connectivity index (χ1v) is 10.0. The van der Waals surface area contributed by atoms with Crippen molar-refractivity contribution in [1.82, 2.24) is 10.6 Å². The molecule has 3 aliphatic rings. The lowest BCUT2D eigenvalue weighted by molar-refractivity contribution is 0.0168. The van der Waals surface area contributed by atoms with Crippen LogP contribution in [0.4, 0.5) is 0 Å². The summed E-state index contributed by atoms with van der Waals surface area (Å²) in [7, 11) is 0. The molecule has 1 atom stereocenters. The van der Waals surface area contributed by atoms with Gasteiger partial charge in [-0.05, 0) is 63.2 Å². The minimum Gasteiger partial charge on any atom is -0.379 e. The fourth-order valence-electron chi connectivity index (χ4n) is 3.97. The minimum absolute atomic E-state index is 0. The topological polar surface area (TPSA) is 54.9 Å². The molecule has 0 radical (unpaired) electrons. The highest BCUT2D eigenvalue weighted by Crippen LogP contribution is 2.57. The number of aliphatic imine (C=N–C) groups is 1. The summed E-state index contributed by atoms with van der Waals surface area (Å²) in [6.07, 6.45) is 10.7. The number of halogens is 1. The average Bonchev–Trinajstić information content (AvgIpc) is 3.26. The monoisotopic (exact) mass is 465 g/mol. The summed E-state index contributed by atoms with van der Waals surface area (Å²) in [4.78, 5) is 4.88. The van der Waals surface area contributed by atoms with E-state index in [9.17, 15) is 0 Å². The van der Waals surface area contributed by atoms with Crippen molar-refractivity contribution in [2.24, 2.45) is 16.3 Å². The van der Waals surface area contributed by atoms with Crippen molar-refractivity contribution >= 4 is 29.9 Å². The molecule has 1 saturated heterocycles. The summed E-state index contributed by atoms with van der Waals surface area (Å²) in [5, 5.41) is 6.83. The van der Waals surface area contributed by atoms with Crippen LogP contribution in [0.3, 0.4) is 0 Å². The van der Waals surface area contributed by atoms with Crippen molar-refractivity contribution in [3.63, 3.8) is 0 Å². The van der Waals surface area contributed by atoms with E-state index in [4.69, 9.17) is 14.5 Å². The van der Waals surface area contributed by atoms with E-state index in [1.54, 1.807) is 0 Å². The third-order valence-electron chi connectivity index (χ3n) is 5.77. The Morgan fingerprint density at radius 1 is 1.20 bits per heavy atom. The van der Waals surface area contributed by atoms with E-state index in [1.807, 2.05) is 0 Å². The summed E-state index contributed by atoms with van der Waals surface area (Å²) < 4.78 is 11.3. The number of hydrogen-bond acceptors (Lipinski definition) is 3. The SMILES string of the molecule is CCNC(=NCC1(C2CC2)CCC1)NCCCOCC1CCCO1.I. The van der Waals surface area contributed by atoms with Crippen LogP contribution in [0.5, 0.6) is 0 Å². The predicted molar refractivity (Wildman–Crippen MR) is 113 cm³/mol. The van der Waals surface area contributed by atoms with Crippen LogP contribution >= 0.6 is 24.0 Å². The van der Waals surface area contributed by atoms with Crippen LogP contribution in [0.25, 0.3) is 0 Å². The molecule has 0 amide bonds. The third kappa shape index (κ3) is 6.54. The fourth-order valence-corrected chi connectivity index (χ4v) is 3.97. The Balaban J connectivity index is 0.00000225. The van der Waals surface area contributed by atoms with Gasteiger partial charge in [-0.2, -0.15) is 0 Å². The first-order valence-electron chi connectivity index (χ1n) is 10.0. The molecular formula is C19H36IN3O2. The Labute approximate surface area is 170 Å². The van der Waals surface area contributed by atoms with Crippen molar-refractivity contribution in [1.29, 1.82) is 0 Å². The zero-order valence-corrected chi connectivity index (χ0v) is 18.1. The van der Waals surface area contributed by atoms with Gasteiger partial charge in [-0.25, -0.2) is 0 Å². The van der Waals surface area contributed by atoms with Gasteiger partial charge in [-0.1, -0.05) is 6.42 Å². The summed E-state index contributed by atoms with van der Waals surface area (Å²) in [5.41, 5.74) is 0.548. The number of nitrogens with zero attached hydrogens (tertiary/aromatic N) is 1. The Kier molecular flexibility index (Phi) is 9.27. The van der Waals surface area contributed by atoms with Gasteiger partial charge in [0.05, 0.1) is 12.7 Å². The van der Waals surface area contributed by atoms with Crippen LogP contribution in [0.2, 0.25) is 0 Å². The van der Waals surface area contributed by atoms with Crippen molar-refractivity contribution in [2.75, 3.05) is 39.5 Å². The van der Waals surface area contributed by atoms with Gasteiger partial charge in [0.15, 0.2) is 5.96 Å². The van der Waals surface area contributed by atoms with Crippen LogP contribution in [-0.2, 0) is 9.47 Å². The van der Waals surface area contributed by atoms with E-state index in [-0.39, 0.29) is 24.0 Å². The molecule has 2 aliphatic carbocycles. The maximum atomic E-state index is 5.71. The molecule has 2 saturated carbocycles. The molecule has 25 heavy (non-hydrogen) atoms. The minimum atomic E-state index is 0. The number of nitrogens with one attached hydrogen (secondary N) is 2. The van der Waals surface area contributed by atoms with Crippen LogP contribution in [0, 0.1) is 11.3 Å². The van der Waals surface area contributed by atoms with Gasteiger partial charge in [0.1, 0.15) is 0 Å². The normalized spacial score (nSPS) is 25.2. The van der Waals surface area contributed by atoms with E-state index in [0.717, 1.165) is 64.2 Å². The average molecular weight is 465 g/mol. The summed E-state index contributed by atoms with van der Waals surface area (Å²) in [5.74, 6) is 1.94. The van der Waals surface area contributed by atoms with E-state index in [1.165, 1.54) is 38.5 Å². The highest BCUT2D eigenvalue weighted by atomic mass is 127. The van der Waals surface area contributed by atoms with Gasteiger partial charge in [0.2, 0.25) is 0 Å². The van der Waals surface area contributed by atoms with Crippen molar-refractivity contribution < 1.29 is 9.47 Å². The second-order valence-corrected chi connectivity index (χ2v) is 7.68. The van der Waals surface area contributed by atoms with E-state index in [0.29, 0.717) is 11.5 Å². The highest BCUT2D eigenvalue weighted by molar-refractivity contribution is 14.0. The molecule has 6 heteroatoms. The van der Waals surface area contributed by atoms with Crippen LogP contribution in [0.15, 0.2) is 4.99 Å². The number of ether oxygens (including phenoxy) is 2. The lowest BCUT2D eigenvalue weighted by Gasteiger charge is -2.41. The van der Waals surface area contributed by atoms with Crippen molar-refractivity contribution in [3.8, 4) is 0 Å². The molecule has 0 aromatic heterocycles. The molecule has 0 aromatic carbocycles. The second-order valence-electron chi connectivity index (χ2n) is 7.68. The van der Waals surface area contributed by atoms with Gasteiger partial charge < -0.3 is 20.1 Å². The molecule has 1 aliphatic heterocycles. The Morgan fingerprint density at radius 2 is 2.04 bits per heavy atom. The van der Waals surface area contributed by atoms with Crippen molar-refractivity contribution in [3.05, 3.63) is 0 Å². The van der Waals surface area contributed by atoms with E-state index in [2.05, 4.69) is 17.6 Å².